The minimum Gasteiger partial charge on any atom is -0.466 e. The molecule has 1 aliphatic carbocycles. The first-order valence-electron chi connectivity index (χ1n) is 11.3. The Morgan fingerprint density at radius 2 is 2.09 bits per heavy atom. The summed E-state index contributed by atoms with van der Waals surface area (Å²) in [4.78, 5) is 28.1. The van der Waals surface area contributed by atoms with Crippen LogP contribution in [0.3, 0.4) is 0 Å². The van der Waals surface area contributed by atoms with Crippen molar-refractivity contribution < 1.29 is 18.8 Å². The van der Waals surface area contributed by atoms with Gasteiger partial charge in [0.15, 0.2) is 11.5 Å². The molecule has 7 heteroatoms. The summed E-state index contributed by atoms with van der Waals surface area (Å²) in [5, 5.41) is 8.61. The van der Waals surface area contributed by atoms with E-state index in [2.05, 4.69) is 15.4 Å². The van der Waals surface area contributed by atoms with E-state index in [0.717, 1.165) is 41.7 Å². The van der Waals surface area contributed by atoms with Crippen LogP contribution in [0.25, 0.3) is 22.2 Å². The smallest absolute Gasteiger partial charge is 0.310 e. The van der Waals surface area contributed by atoms with Crippen molar-refractivity contribution in [3.8, 4) is 11.3 Å². The Balaban J connectivity index is 1.67. The van der Waals surface area contributed by atoms with Gasteiger partial charge >= 0.3 is 5.97 Å². The first kappa shape index (κ1) is 20.5. The summed E-state index contributed by atoms with van der Waals surface area (Å²) in [5.74, 6) is 0.259. The van der Waals surface area contributed by atoms with E-state index in [4.69, 9.17) is 9.26 Å². The fourth-order valence-corrected chi connectivity index (χ4v) is 4.86. The molecular weight excluding hydrogens is 406 g/mol. The maximum atomic E-state index is 13.5. The maximum absolute atomic E-state index is 13.5. The fourth-order valence-electron chi connectivity index (χ4n) is 4.86. The average molecular weight is 434 g/mol. The van der Waals surface area contributed by atoms with E-state index in [1.807, 2.05) is 51.1 Å². The molecule has 1 atom stereocenters. The van der Waals surface area contributed by atoms with Gasteiger partial charge in [-0.05, 0) is 39.7 Å². The summed E-state index contributed by atoms with van der Waals surface area (Å²) >= 11 is 0. The number of hydrogen-bond donors (Lipinski definition) is 1. The third-order valence-electron chi connectivity index (χ3n) is 6.20. The lowest BCUT2D eigenvalue weighted by molar-refractivity contribution is -0.148. The molecule has 1 aromatic heterocycles. The molecule has 32 heavy (non-hydrogen) atoms. The molecule has 0 bridgehead atoms. The fraction of sp³-hybridized carbons (Fsp3) is 0.400. The van der Waals surface area contributed by atoms with Crippen LogP contribution < -0.4 is 10.2 Å². The minimum atomic E-state index is -0.179. The van der Waals surface area contributed by atoms with Crippen molar-refractivity contribution in [1.29, 1.82) is 0 Å². The molecule has 7 nitrogen and oxygen atoms in total. The number of carbonyl (C=O) groups is 2. The molecule has 2 aliphatic rings. The van der Waals surface area contributed by atoms with Crippen LogP contribution in [-0.4, -0.2) is 42.6 Å². The predicted octanol–water partition coefficient (Wildman–Crippen LogP) is 4.64. The molecule has 0 amide bonds. The second-order valence-corrected chi connectivity index (χ2v) is 8.76. The Kier molecular flexibility index (Phi) is 5.12. The van der Waals surface area contributed by atoms with Crippen LogP contribution >= 0.6 is 0 Å². The largest absolute Gasteiger partial charge is 0.466 e. The van der Waals surface area contributed by atoms with Crippen LogP contribution in [0, 0.1) is 5.92 Å². The Labute approximate surface area is 186 Å². The van der Waals surface area contributed by atoms with Crippen LogP contribution in [0.5, 0.6) is 0 Å². The zero-order valence-electron chi connectivity index (χ0n) is 18.6. The molecule has 0 radical (unpaired) electrons. The first-order valence-corrected chi connectivity index (χ1v) is 11.3. The van der Waals surface area contributed by atoms with E-state index in [1.165, 1.54) is 0 Å². The number of nitrogens with one attached hydrogen (secondary N) is 1. The summed E-state index contributed by atoms with van der Waals surface area (Å²) < 4.78 is 11.1. The maximum Gasteiger partial charge on any atom is 0.310 e. The summed E-state index contributed by atoms with van der Waals surface area (Å²) in [5.41, 5.74) is 4.30. The summed E-state index contributed by atoms with van der Waals surface area (Å²) in [6, 6.07) is 9.62. The number of ether oxygens (including phenoxy) is 1. The second kappa shape index (κ2) is 7.97. The lowest BCUT2D eigenvalue weighted by Crippen LogP contribution is -2.39. The van der Waals surface area contributed by atoms with Gasteiger partial charge in [0, 0.05) is 35.9 Å². The summed E-state index contributed by atoms with van der Waals surface area (Å²) in [7, 11) is 0. The van der Waals surface area contributed by atoms with E-state index < -0.39 is 0 Å². The number of aromatic nitrogens is 1. The van der Waals surface area contributed by atoms with Gasteiger partial charge in [0.05, 0.1) is 29.2 Å². The Hall–Kier alpha value is -3.35. The van der Waals surface area contributed by atoms with Gasteiger partial charge in [0.1, 0.15) is 5.52 Å². The van der Waals surface area contributed by atoms with Crippen molar-refractivity contribution in [3.05, 3.63) is 41.5 Å². The molecule has 1 saturated heterocycles. The molecule has 5 rings (SSSR count). The van der Waals surface area contributed by atoms with Crippen molar-refractivity contribution in [2.45, 2.75) is 39.7 Å². The van der Waals surface area contributed by atoms with Crippen LogP contribution in [0.15, 0.2) is 34.9 Å². The summed E-state index contributed by atoms with van der Waals surface area (Å²) in [6.45, 7) is 7.66. The molecule has 2 heterocycles. The van der Waals surface area contributed by atoms with Gasteiger partial charge in [0.2, 0.25) is 0 Å². The van der Waals surface area contributed by atoms with Crippen molar-refractivity contribution in [3.63, 3.8) is 0 Å². The van der Waals surface area contributed by atoms with Gasteiger partial charge in [-0.1, -0.05) is 29.4 Å². The number of benzene rings is 2. The standard InChI is InChI=1S/C25H27N3O4/c1-4-31-25(30)15-8-7-11-28(13-15)19-12-18(26-14(2)3)20-21-22(19)27-32-24(21)17-10-6-5-9-16(17)23(20)29/h5-6,9-10,12,14-15,26H,4,7-8,11,13H2,1-3H3/t15-/m0/s1. The normalized spacial score (nSPS) is 17.6. The monoisotopic (exact) mass is 433 g/mol. The van der Waals surface area contributed by atoms with E-state index in [-0.39, 0.29) is 23.7 Å². The Morgan fingerprint density at radius 3 is 2.84 bits per heavy atom. The van der Waals surface area contributed by atoms with Crippen LogP contribution in [0.2, 0.25) is 0 Å². The highest BCUT2D eigenvalue weighted by molar-refractivity contribution is 6.28. The zero-order chi connectivity index (χ0) is 22.4. The second-order valence-electron chi connectivity index (χ2n) is 8.76. The SMILES string of the molecule is CCOC(=O)[C@H]1CCCN(c2cc(NC(C)C)c3c4c(onc24)-c2ccccc2C3=O)C1. The highest BCUT2D eigenvalue weighted by atomic mass is 16.5. The minimum absolute atomic E-state index is 0.0287. The molecular formula is C25H27N3O4. The van der Waals surface area contributed by atoms with Crippen molar-refractivity contribution in [1.82, 2.24) is 5.16 Å². The van der Waals surface area contributed by atoms with Gasteiger partial charge in [-0.3, -0.25) is 9.59 Å². The third-order valence-corrected chi connectivity index (χ3v) is 6.20. The predicted molar refractivity (Wildman–Crippen MR) is 123 cm³/mol. The first-order chi connectivity index (χ1) is 15.5. The van der Waals surface area contributed by atoms with E-state index in [9.17, 15) is 9.59 Å². The van der Waals surface area contributed by atoms with Crippen LogP contribution in [0.4, 0.5) is 11.4 Å². The Bertz CT molecular complexity index is 1210. The molecule has 0 saturated carbocycles. The number of nitrogens with zero attached hydrogens (tertiary/aromatic N) is 2. The highest BCUT2D eigenvalue weighted by Crippen LogP contribution is 2.46. The molecule has 166 valence electrons. The van der Waals surface area contributed by atoms with Crippen molar-refractivity contribution >= 4 is 34.0 Å². The number of anilines is 2. The van der Waals surface area contributed by atoms with E-state index >= 15 is 0 Å². The van der Waals surface area contributed by atoms with Gasteiger partial charge in [-0.25, -0.2) is 0 Å². The van der Waals surface area contributed by atoms with Gasteiger partial charge in [-0.2, -0.15) is 0 Å². The van der Waals surface area contributed by atoms with Crippen molar-refractivity contribution in [2.24, 2.45) is 5.92 Å². The van der Waals surface area contributed by atoms with Gasteiger partial charge < -0.3 is 19.5 Å². The third kappa shape index (κ3) is 3.23. The van der Waals surface area contributed by atoms with Crippen molar-refractivity contribution in [2.75, 3.05) is 29.9 Å². The average Bonchev–Trinajstić information content (AvgIpc) is 3.23. The molecule has 1 aliphatic heterocycles. The molecule has 1 fully saturated rings. The lowest BCUT2D eigenvalue weighted by Gasteiger charge is -2.34. The zero-order valence-corrected chi connectivity index (χ0v) is 18.6. The lowest BCUT2D eigenvalue weighted by atomic mass is 9.86. The van der Waals surface area contributed by atoms with E-state index in [1.54, 1.807) is 0 Å². The van der Waals surface area contributed by atoms with Gasteiger partial charge in [0.25, 0.3) is 0 Å². The summed E-state index contributed by atoms with van der Waals surface area (Å²) in [6.07, 6.45) is 1.69. The number of esters is 1. The van der Waals surface area contributed by atoms with Crippen LogP contribution in [-0.2, 0) is 9.53 Å². The molecule has 1 N–H and O–H groups in total. The highest BCUT2D eigenvalue weighted by Gasteiger charge is 2.35. The molecule has 0 unspecified atom stereocenters. The number of fused-ring (bicyclic) bond motifs is 2. The van der Waals surface area contributed by atoms with Crippen LogP contribution in [0.1, 0.15) is 49.5 Å². The van der Waals surface area contributed by atoms with Gasteiger partial charge in [-0.15, -0.1) is 0 Å². The quantitative estimate of drug-likeness (QED) is 0.459. The topological polar surface area (TPSA) is 84.7 Å². The molecule has 2 aromatic carbocycles. The number of ketones is 1. The Morgan fingerprint density at radius 1 is 1.31 bits per heavy atom. The number of carbonyl (C=O) groups excluding carboxylic acids is 2. The number of hydrogen-bond acceptors (Lipinski definition) is 7. The molecule has 0 spiro atoms. The molecule has 3 aromatic rings. The van der Waals surface area contributed by atoms with E-state index in [0.29, 0.717) is 35.6 Å². The number of piperidine rings is 1. The number of rotatable bonds is 5.